The Hall–Kier alpha value is -5.46. The number of aliphatic hydroxyl groups is 1. The van der Waals surface area contributed by atoms with Crippen LogP contribution in [0.4, 0.5) is 15.3 Å². The molecular formula is C51H87N7O12. The SMILES string of the molecule is CC(C)[C@H](NC(=O)CCCCCCCCCCCC[C@H](NC(=O)N[C@@H](CCC(=O)OC(C)(C)C)C(=O)OC(C)(C)C)C(=O)OC(C)(C)C)C(=O)N[C@@H](CCCNC(N)=O)C(=O)Nc1ccc(CO)cc1. The average molecular weight is 990 g/mol. The molecular weight excluding hydrogens is 903 g/mol. The highest BCUT2D eigenvalue weighted by Crippen LogP contribution is 2.18. The molecule has 19 heteroatoms. The van der Waals surface area contributed by atoms with Gasteiger partial charge in [0.05, 0.1) is 6.61 Å². The van der Waals surface area contributed by atoms with E-state index in [2.05, 4.69) is 31.9 Å². The van der Waals surface area contributed by atoms with Gasteiger partial charge in [0.15, 0.2) is 0 Å². The number of primary amides is 1. The third kappa shape index (κ3) is 30.2. The highest BCUT2D eigenvalue weighted by Gasteiger charge is 2.32. The van der Waals surface area contributed by atoms with Gasteiger partial charge < -0.3 is 57.0 Å². The normalized spacial score (nSPS) is 13.4. The minimum Gasteiger partial charge on any atom is -0.460 e. The number of hydrogen-bond acceptors (Lipinski definition) is 12. The van der Waals surface area contributed by atoms with E-state index in [1.807, 2.05) is 13.8 Å². The molecule has 0 bridgehead atoms. The van der Waals surface area contributed by atoms with Crippen molar-refractivity contribution >= 4 is 53.4 Å². The van der Waals surface area contributed by atoms with Crippen molar-refractivity contribution in [2.75, 3.05) is 11.9 Å². The van der Waals surface area contributed by atoms with Crippen LogP contribution in [0, 0.1) is 5.92 Å². The number of unbranched alkanes of at least 4 members (excludes halogenated alkanes) is 9. The molecule has 0 aliphatic carbocycles. The maximum Gasteiger partial charge on any atom is 0.329 e. The lowest BCUT2D eigenvalue weighted by molar-refractivity contribution is -0.159. The molecule has 4 atom stereocenters. The Balaban J connectivity index is 2.59. The van der Waals surface area contributed by atoms with Gasteiger partial charge in [0.1, 0.15) is 41.0 Å². The molecule has 70 heavy (non-hydrogen) atoms. The van der Waals surface area contributed by atoms with Crippen LogP contribution in [-0.2, 0) is 49.6 Å². The molecule has 0 saturated carbocycles. The summed E-state index contributed by atoms with van der Waals surface area (Å²) in [7, 11) is 0. The second-order valence-corrected chi connectivity index (χ2v) is 21.1. The first-order chi connectivity index (χ1) is 32.6. The number of nitrogens with one attached hydrogen (secondary N) is 6. The van der Waals surface area contributed by atoms with Gasteiger partial charge >= 0.3 is 30.0 Å². The van der Waals surface area contributed by atoms with E-state index in [4.69, 9.17) is 19.9 Å². The zero-order chi connectivity index (χ0) is 53.1. The van der Waals surface area contributed by atoms with Crippen LogP contribution >= 0.6 is 0 Å². The Morgan fingerprint density at radius 2 is 1.03 bits per heavy atom. The summed E-state index contributed by atoms with van der Waals surface area (Å²) in [6.07, 6.45) is 9.83. The topological polar surface area (TPSA) is 283 Å². The number of hydrogen-bond donors (Lipinski definition) is 8. The molecule has 0 aliphatic rings. The van der Waals surface area contributed by atoms with E-state index in [0.29, 0.717) is 36.9 Å². The van der Waals surface area contributed by atoms with Crippen molar-refractivity contribution in [3.63, 3.8) is 0 Å². The fourth-order valence-electron chi connectivity index (χ4n) is 7.06. The maximum atomic E-state index is 13.5. The first-order valence-electron chi connectivity index (χ1n) is 25.0. The van der Waals surface area contributed by atoms with Crippen LogP contribution in [-0.4, -0.2) is 100 Å². The van der Waals surface area contributed by atoms with Crippen molar-refractivity contribution in [3.05, 3.63) is 29.8 Å². The van der Waals surface area contributed by atoms with Gasteiger partial charge in [-0.25, -0.2) is 19.2 Å². The highest BCUT2D eigenvalue weighted by molar-refractivity contribution is 5.98. The summed E-state index contributed by atoms with van der Waals surface area (Å²) < 4.78 is 16.5. The van der Waals surface area contributed by atoms with Gasteiger partial charge in [-0.2, -0.15) is 0 Å². The predicted molar refractivity (Wildman–Crippen MR) is 268 cm³/mol. The number of benzene rings is 1. The molecule has 0 heterocycles. The summed E-state index contributed by atoms with van der Waals surface area (Å²) in [5.74, 6) is -3.32. The van der Waals surface area contributed by atoms with E-state index in [1.165, 1.54) is 0 Å². The molecule has 0 saturated heterocycles. The van der Waals surface area contributed by atoms with E-state index in [1.54, 1.807) is 86.6 Å². The Bertz CT molecular complexity index is 1800. The van der Waals surface area contributed by atoms with Crippen molar-refractivity contribution < 1.29 is 57.7 Å². The number of anilines is 1. The van der Waals surface area contributed by atoms with Gasteiger partial charge in [-0.1, -0.05) is 83.8 Å². The molecule has 1 aromatic carbocycles. The van der Waals surface area contributed by atoms with E-state index >= 15 is 0 Å². The smallest absolute Gasteiger partial charge is 0.329 e. The quantitative estimate of drug-likeness (QED) is 0.0219. The van der Waals surface area contributed by atoms with Crippen LogP contribution in [0.2, 0.25) is 0 Å². The number of carbonyl (C=O) groups excluding carboxylic acids is 8. The Kier molecular flexibility index (Phi) is 28.3. The third-order valence-corrected chi connectivity index (χ3v) is 10.5. The molecule has 0 spiro atoms. The maximum absolute atomic E-state index is 13.5. The first-order valence-corrected chi connectivity index (χ1v) is 25.0. The fraction of sp³-hybridized carbons (Fsp3) is 0.725. The second kappa shape index (κ2) is 31.7. The van der Waals surface area contributed by atoms with Crippen LogP contribution in [0.1, 0.15) is 184 Å². The van der Waals surface area contributed by atoms with Crippen LogP contribution in [0.5, 0.6) is 0 Å². The van der Waals surface area contributed by atoms with Gasteiger partial charge in [0, 0.05) is 25.1 Å². The minimum absolute atomic E-state index is 0.0633. The minimum atomic E-state index is -1.17. The van der Waals surface area contributed by atoms with Crippen LogP contribution < -0.4 is 37.6 Å². The van der Waals surface area contributed by atoms with Crippen LogP contribution in [0.15, 0.2) is 24.3 Å². The largest absolute Gasteiger partial charge is 0.460 e. The number of amides is 7. The van der Waals surface area contributed by atoms with Gasteiger partial charge in [-0.15, -0.1) is 0 Å². The Morgan fingerprint density at radius 1 is 0.557 bits per heavy atom. The molecule has 9 N–H and O–H groups in total. The van der Waals surface area contributed by atoms with Crippen molar-refractivity contribution in [2.45, 2.75) is 226 Å². The Labute approximate surface area is 416 Å². The van der Waals surface area contributed by atoms with E-state index in [9.17, 15) is 43.5 Å². The lowest BCUT2D eigenvalue weighted by atomic mass is 10.0. The van der Waals surface area contributed by atoms with Crippen molar-refractivity contribution in [1.82, 2.24) is 26.6 Å². The number of aliphatic hydroxyl groups excluding tert-OH is 1. The summed E-state index contributed by atoms with van der Waals surface area (Å²) in [6, 6.07) is 1.19. The number of nitrogens with two attached hydrogens (primary N) is 1. The average Bonchev–Trinajstić information content (AvgIpc) is 3.23. The van der Waals surface area contributed by atoms with E-state index in [-0.39, 0.29) is 50.7 Å². The van der Waals surface area contributed by atoms with Crippen LogP contribution in [0.3, 0.4) is 0 Å². The third-order valence-electron chi connectivity index (χ3n) is 10.5. The molecule has 0 fully saturated rings. The van der Waals surface area contributed by atoms with Gasteiger partial charge in [0.25, 0.3) is 0 Å². The number of carbonyl (C=O) groups is 8. The Morgan fingerprint density at radius 3 is 1.50 bits per heavy atom. The number of esters is 3. The predicted octanol–water partition coefficient (Wildman–Crippen LogP) is 6.71. The van der Waals surface area contributed by atoms with Crippen molar-refractivity contribution in [2.24, 2.45) is 11.7 Å². The van der Waals surface area contributed by atoms with Crippen molar-refractivity contribution in [1.29, 1.82) is 0 Å². The second-order valence-electron chi connectivity index (χ2n) is 21.1. The number of ether oxygens (including phenoxy) is 3. The number of rotatable bonds is 31. The summed E-state index contributed by atoms with van der Waals surface area (Å²) >= 11 is 0. The molecule has 0 aromatic heterocycles. The monoisotopic (exact) mass is 990 g/mol. The highest BCUT2D eigenvalue weighted by atomic mass is 16.6. The molecule has 0 aliphatic heterocycles. The summed E-state index contributed by atoms with van der Waals surface area (Å²) in [5.41, 5.74) is 3.97. The van der Waals surface area contributed by atoms with E-state index < -0.39 is 82.8 Å². The molecule has 7 amide bonds. The fourth-order valence-corrected chi connectivity index (χ4v) is 7.06. The zero-order valence-corrected chi connectivity index (χ0v) is 43.9. The van der Waals surface area contributed by atoms with Crippen molar-refractivity contribution in [3.8, 4) is 0 Å². The van der Waals surface area contributed by atoms with E-state index in [0.717, 1.165) is 51.4 Å². The number of urea groups is 2. The lowest BCUT2D eigenvalue weighted by Crippen LogP contribution is -2.54. The van der Waals surface area contributed by atoms with Gasteiger partial charge in [-0.05, 0) is 118 Å². The zero-order valence-electron chi connectivity index (χ0n) is 43.9. The molecule has 0 radical (unpaired) electrons. The van der Waals surface area contributed by atoms with Gasteiger partial charge in [-0.3, -0.25) is 19.2 Å². The summed E-state index contributed by atoms with van der Waals surface area (Å²) in [5, 5.41) is 25.5. The van der Waals surface area contributed by atoms with Gasteiger partial charge in [0.2, 0.25) is 17.7 Å². The summed E-state index contributed by atoms with van der Waals surface area (Å²) in [4.78, 5) is 103. The molecule has 1 rings (SSSR count). The molecule has 0 unspecified atom stereocenters. The summed E-state index contributed by atoms with van der Waals surface area (Å²) in [6.45, 7) is 19.2. The molecule has 398 valence electrons. The first kappa shape index (κ1) is 62.6. The lowest BCUT2D eigenvalue weighted by Gasteiger charge is -2.27. The standard InChI is InChI=1S/C51H87N7O12/c1-34(2)42(44(63)55-37(24-22-32-53-47(52)66)43(62)54-36-28-26-35(33-59)27-29-36)58-40(60)25-21-19-17-15-13-12-14-16-18-20-23-38(45(64)69-50(6,7)8)56-48(67)57-39(46(65)70-51(9,10)11)30-31-41(61)68-49(3,4)5/h26-29,34,37-39,42,59H,12-25,30-33H2,1-11H3,(H,54,62)(H,55,63)(H,58,60)(H3,52,53,66)(H2,56,57,67)/t37-,38-,39-,42-/m0/s1. The molecule has 19 nitrogen and oxygen atoms in total. The van der Waals surface area contributed by atoms with Crippen LogP contribution in [0.25, 0.3) is 0 Å². The molecule has 1 aromatic rings.